The molecule has 0 bridgehead atoms. The van der Waals surface area contributed by atoms with Crippen molar-refractivity contribution < 1.29 is 9.53 Å². The summed E-state index contributed by atoms with van der Waals surface area (Å²) in [5.41, 5.74) is 12.7. The maximum Gasteiger partial charge on any atom is 0.419 e. The van der Waals surface area contributed by atoms with Crippen LogP contribution >= 0.6 is 0 Å². The molecule has 1 heterocycles. The number of nitriles is 1. The van der Waals surface area contributed by atoms with Gasteiger partial charge in [-0.25, -0.2) is 9.36 Å². The molecule has 38 heavy (non-hydrogen) atoms. The van der Waals surface area contributed by atoms with Crippen LogP contribution in [0.1, 0.15) is 26.3 Å². The van der Waals surface area contributed by atoms with Gasteiger partial charge in [0.2, 0.25) is 0 Å². The van der Waals surface area contributed by atoms with Crippen molar-refractivity contribution in [3.05, 3.63) is 103 Å². The normalized spacial score (nSPS) is 11.2. The number of nitrogens with two attached hydrogens (primary N) is 1. The Balaban J connectivity index is 1.54. The van der Waals surface area contributed by atoms with E-state index in [2.05, 4.69) is 11.4 Å². The lowest BCUT2D eigenvalue weighted by molar-refractivity contribution is 0.0547. The van der Waals surface area contributed by atoms with Gasteiger partial charge in [0.05, 0.1) is 22.8 Å². The molecule has 0 unspecified atom stereocenters. The van der Waals surface area contributed by atoms with E-state index in [1.54, 1.807) is 16.7 Å². The fourth-order valence-corrected chi connectivity index (χ4v) is 4.29. The van der Waals surface area contributed by atoms with Crippen LogP contribution < -0.4 is 11.1 Å². The number of anilines is 3. The first-order valence-corrected chi connectivity index (χ1v) is 12.3. The predicted octanol–water partition coefficient (Wildman–Crippen LogP) is 7.96. The van der Waals surface area contributed by atoms with Crippen molar-refractivity contribution in [3.8, 4) is 28.5 Å². The Morgan fingerprint density at radius 1 is 0.816 bits per heavy atom. The number of aromatic nitrogens is 1. The molecule has 0 spiro atoms. The molecule has 0 aliphatic heterocycles. The second-order valence-electron chi connectivity index (χ2n) is 10.1. The third kappa shape index (κ3) is 5.23. The second kappa shape index (κ2) is 9.79. The summed E-state index contributed by atoms with van der Waals surface area (Å²) in [6.45, 7) is 5.58. The van der Waals surface area contributed by atoms with Crippen molar-refractivity contribution in [2.75, 3.05) is 11.1 Å². The molecule has 0 saturated heterocycles. The Morgan fingerprint density at radius 3 is 2.00 bits per heavy atom. The molecular formula is C32H28N4O2. The van der Waals surface area contributed by atoms with E-state index in [9.17, 15) is 4.79 Å². The summed E-state index contributed by atoms with van der Waals surface area (Å²) in [7, 11) is 0. The molecule has 1 aromatic heterocycles. The van der Waals surface area contributed by atoms with Crippen molar-refractivity contribution in [3.63, 3.8) is 0 Å². The molecule has 5 aromatic rings. The number of nitrogen functional groups attached to an aromatic ring is 1. The lowest BCUT2D eigenvalue weighted by Crippen LogP contribution is -2.27. The van der Waals surface area contributed by atoms with Gasteiger partial charge in [0.15, 0.2) is 0 Å². The number of nitrogens with one attached hydrogen (secondary N) is 1. The zero-order chi connectivity index (χ0) is 26.9. The Morgan fingerprint density at radius 2 is 1.39 bits per heavy atom. The number of fused-ring (bicyclic) bond motifs is 1. The van der Waals surface area contributed by atoms with Crippen LogP contribution in [0.2, 0.25) is 0 Å². The van der Waals surface area contributed by atoms with Gasteiger partial charge >= 0.3 is 6.09 Å². The van der Waals surface area contributed by atoms with Crippen molar-refractivity contribution in [1.29, 1.82) is 5.26 Å². The van der Waals surface area contributed by atoms with E-state index in [0.717, 1.165) is 44.7 Å². The number of ether oxygens (including phenoxy) is 1. The molecule has 4 aromatic carbocycles. The Hall–Kier alpha value is -5.02. The topological polar surface area (TPSA) is 93.1 Å². The standard InChI is InChI=1S/C32H28N4O2/c1-32(2,3)38-31(37)36-29(19-25-7-6-24(18-30(25)36)22-8-12-26(34)13-9-22)23-10-16-28(17-11-23)35-27-14-4-21(20-33)5-15-27/h4-19,35H,34H2,1-3H3. The number of hydrogen-bond donors (Lipinski definition) is 2. The highest BCUT2D eigenvalue weighted by atomic mass is 16.6. The molecular weight excluding hydrogens is 472 g/mol. The predicted molar refractivity (Wildman–Crippen MR) is 153 cm³/mol. The highest BCUT2D eigenvalue weighted by Gasteiger charge is 2.23. The van der Waals surface area contributed by atoms with Crippen LogP contribution in [0.15, 0.2) is 97.1 Å². The number of hydrogen-bond acceptors (Lipinski definition) is 5. The number of nitrogens with zero attached hydrogens (tertiary/aromatic N) is 2. The summed E-state index contributed by atoms with van der Waals surface area (Å²) < 4.78 is 7.45. The molecule has 0 amide bonds. The Kier molecular flexibility index (Phi) is 6.36. The smallest absolute Gasteiger partial charge is 0.419 e. The monoisotopic (exact) mass is 500 g/mol. The highest BCUT2D eigenvalue weighted by Crippen LogP contribution is 2.33. The molecule has 3 N–H and O–H groups in total. The fourth-order valence-electron chi connectivity index (χ4n) is 4.29. The minimum absolute atomic E-state index is 0.434. The van der Waals surface area contributed by atoms with Crippen molar-refractivity contribution >= 4 is 34.1 Å². The van der Waals surface area contributed by atoms with Crippen LogP contribution in [-0.2, 0) is 4.74 Å². The lowest BCUT2D eigenvalue weighted by Gasteiger charge is -2.21. The fraction of sp³-hybridized carbons (Fsp3) is 0.125. The van der Waals surface area contributed by atoms with Crippen LogP contribution in [0.3, 0.4) is 0 Å². The van der Waals surface area contributed by atoms with Crippen molar-refractivity contribution in [2.45, 2.75) is 26.4 Å². The van der Waals surface area contributed by atoms with E-state index in [0.29, 0.717) is 11.3 Å². The van der Waals surface area contributed by atoms with E-state index >= 15 is 0 Å². The van der Waals surface area contributed by atoms with Crippen molar-refractivity contribution in [2.24, 2.45) is 0 Å². The molecule has 188 valence electrons. The van der Waals surface area contributed by atoms with E-state index in [1.807, 2.05) is 106 Å². The first-order valence-electron chi connectivity index (χ1n) is 12.3. The average Bonchev–Trinajstić information content (AvgIpc) is 3.28. The quantitative estimate of drug-likeness (QED) is 0.244. The third-order valence-corrected chi connectivity index (χ3v) is 6.11. The van der Waals surface area contributed by atoms with Crippen LogP contribution in [0.25, 0.3) is 33.3 Å². The van der Waals surface area contributed by atoms with Crippen LogP contribution in [-0.4, -0.2) is 16.3 Å². The molecule has 0 fully saturated rings. The highest BCUT2D eigenvalue weighted by molar-refractivity contribution is 5.98. The summed E-state index contributed by atoms with van der Waals surface area (Å²) >= 11 is 0. The van der Waals surface area contributed by atoms with Gasteiger partial charge in [-0.05, 0) is 98.1 Å². The van der Waals surface area contributed by atoms with E-state index in [4.69, 9.17) is 15.7 Å². The minimum atomic E-state index is -0.644. The summed E-state index contributed by atoms with van der Waals surface area (Å²) in [4.78, 5) is 13.5. The van der Waals surface area contributed by atoms with E-state index in [-0.39, 0.29) is 0 Å². The first kappa shape index (κ1) is 24.7. The molecule has 0 atom stereocenters. The van der Waals surface area contributed by atoms with Crippen molar-refractivity contribution in [1.82, 2.24) is 4.57 Å². The molecule has 0 saturated carbocycles. The van der Waals surface area contributed by atoms with Gasteiger partial charge in [-0.3, -0.25) is 0 Å². The zero-order valence-electron chi connectivity index (χ0n) is 21.5. The minimum Gasteiger partial charge on any atom is -0.443 e. The number of carbonyl (C=O) groups excluding carboxylic acids is 1. The number of rotatable bonds is 4. The van der Waals surface area contributed by atoms with E-state index < -0.39 is 11.7 Å². The summed E-state index contributed by atoms with van der Waals surface area (Å²) in [6.07, 6.45) is -0.434. The molecule has 6 heteroatoms. The van der Waals surface area contributed by atoms with Crippen LogP contribution in [0.5, 0.6) is 0 Å². The van der Waals surface area contributed by atoms with Gasteiger partial charge in [-0.1, -0.05) is 36.4 Å². The average molecular weight is 501 g/mol. The largest absolute Gasteiger partial charge is 0.443 e. The third-order valence-electron chi connectivity index (χ3n) is 6.11. The second-order valence-corrected chi connectivity index (χ2v) is 10.1. The molecule has 5 rings (SSSR count). The van der Waals surface area contributed by atoms with Gasteiger partial charge in [-0.2, -0.15) is 5.26 Å². The van der Waals surface area contributed by atoms with Gasteiger partial charge in [0, 0.05) is 22.4 Å². The Bertz CT molecular complexity index is 1650. The first-order chi connectivity index (χ1) is 18.2. The summed E-state index contributed by atoms with van der Waals surface area (Å²) in [5, 5.41) is 13.3. The maximum absolute atomic E-state index is 13.5. The lowest BCUT2D eigenvalue weighted by atomic mass is 10.0. The summed E-state index contributed by atoms with van der Waals surface area (Å²) in [6, 6.07) is 33.0. The van der Waals surface area contributed by atoms with Gasteiger partial charge in [-0.15, -0.1) is 0 Å². The Labute approximate surface area is 221 Å². The molecule has 6 nitrogen and oxygen atoms in total. The van der Waals surface area contributed by atoms with Crippen LogP contribution in [0, 0.1) is 11.3 Å². The van der Waals surface area contributed by atoms with E-state index in [1.165, 1.54) is 0 Å². The van der Waals surface area contributed by atoms with Gasteiger partial charge in [0.1, 0.15) is 5.60 Å². The van der Waals surface area contributed by atoms with Crippen LogP contribution in [0.4, 0.5) is 21.9 Å². The molecule has 0 aliphatic rings. The molecule has 0 aliphatic carbocycles. The zero-order valence-corrected chi connectivity index (χ0v) is 21.5. The SMILES string of the molecule is CC(C)(C)OC(=O)n1c(-c2ccc(Nc3ccc(C#N)cc3)cc2)cc2ccc(-c3ccc(N)cc3)cc21. The number of carbonyl (C=O) groups is 1. The summed E-state index contributed by atoms with van der Waals surface area (Å²) in [5.74, 6) is 0. The maximum atomic E-state index is 13.5. The van der Waals surface area contributed by atoms with Gasteiger partial charge in [0.25, 0.3) is 0 Å². The molecule has 0 radical (unpaired) electrons. The number of benzene rings is 4. The van der Waals surface area contributed by atoms with Gasteiger partial charge < -0.3 is 15.8 Å².